The van der Waals surface area contributed by atoms with Crippen LogP contribution in [0.15, 0.2) is 54.6 Å². The van der Waals surface area contributed by atoms with Crippen LogP contribution in [0.1, 0.15) is 25.0 Å². The van der Waals surface area contributed by atoms with Crippen LogP contribution >= 0.6 is 0 Å². The summed E-state index contributed by atoms with van der Waals surface area (Å²) in [5.41, 5.74) is 9.59. The third kappa shape index (κ3) is 3.44. The Kier molecular flexibility index (Phi) is 3.67. The van der Waals surface area contributed by atoms with Gasteiger partial charge in [-0.05, 0) is 49.8 Å². The fourth-order valence-electron chi connectivity index (χ4n) is 2.31. The smallest absolute Gasteiger partial charge is 0.127 e. The highest BCUT2D eigenvalue weighted by molar-refractivity contribution is 5.61. The minimum Gasteiger partial charge on any atom is -0.483 e. The topological polar surface area (TPSA) is 33.3 Å². The quantitative estimate of drug-likeness (QED) is 0.831. The molecule has 0 saturated carbocycles. The Morgan fingerprint density at radius 2 is 1.86 bits per heavy atom. The molecule has 0 atom stereocenters. The summed E-state index contributed by atoms with van der Waals surface area (Å²) >= 11 is 0. The summed E-state index contributed by atoms with van der Waals surface area (Å²) in [6.45, 7) is 4.87. The molecule has 0 spiro atoms. The fraction of sp³-hybridized carbons (Fsp3) is 0.222. The molecule has 21 heavy (non-hydrogen) atoms. The maximum absolute atomic E-state index is 5.93. The van der Waals surface area contributed by atoms with Crippen molar-refractivity contribution in [1.29, 1.82) is 0 Å². The standard InChI is InChI=1S/C18H20N2O/c1-18(2)11-10-15-12-14(8-9-17(15)21-18)13-19-20-16-6-4-3-5-7-16/h3-12,19-20H,13H2,1-2H3. The fourth-order valence-corrected chi connectivity index (χ4v) is 2.31. The van der Waals surface area contributed by atoms with E-state index in [4.69, 9.17) is 4.74 Å². The number of hydrogen-bond acceptors (Lipinski definition) is 3. The summed E-state index contributed by atoms with van der Waals surface area (Å²) in [5.74, 6) is 0.947. The van der Waals surface area contributed by atoms with Crippen molar-refractivity contribution in [1.82, 2.24) is 5.43 Å². The van der Waals surface area contributed by atoms with Gasteiger partial charge in [-0.3, -0.25) is 0 Å². The molecular formula is C18H20N2O. The molecule has 0 unspecified atom stereocenters. The molecule has 1 aliphatic rings. The second-order valence-corrected chi connectivity index (χ2v) is 5.76. The van der Waals surface area contributed by atoms with Crippen molar-refractivity contribution in [2.45, 2.75) is 26.0 Å². The molecule has 0 radical (unpaired) electrons. The van der Waals surface area contributed by atoms with E-state index < -0.39 is 0 Å². The summed E-state index contributed by atoms with van der Waals surface area (Å²) in [6, 6.07) is 16.4. The van der Waals surface area contributed by atoms with Gasteiger partial charge in [0, 0.05) is 17.8 Å². The highest BCUT2D eigenvalue weighted by Gasteiger charge is 2.21. The van der Waals surface area contributed by atoms with E-state index in [1.165, 1.54) is 5.56 Å². The predicted molar refractivity (Wildman–Crippen MR) is 87.1 cm³/mol. The lowest BCUT2D eigenvalue weighted by Crippen LogP contribution is -2.27. The van der Waals surface area contributed by atoms with Crippen LogP contribution in [0, 0.1) is 0 Å². The van der Waals surface area contributed by atoms with Gasteiger partial charge >= 0.3 is 0 Å². The van der Waals surface area contributed by atoms with Gasteiger partial charge in [0.05, 0.1) is 0 Å². The number of fused-ring (bicyclic) bond motifs is 1. The van der Waals surface area contributed by atoms with Crippen molar-refractivity contribution in [2.24, 2.45) is 0 Å². The van der Waals surface area contributed by atoms with Gasteiger partial charge in [-0.15, -0.1) is 0 Å². The summed E-state index contributed by atoms with van der Waals surface area (Å²) < 4.78 is 5.93. The number of hydrazine groups is 1. The molecular weight excluding hydrogens is 260 g/mol. The highest BCUT2D eigenvalue weighted by atomic mass is 16.5. The minimum absolute atomic E-state index is 0.221. The van der Waals surface area contributed by atoms with Crippen LogP contribution in [0.5, 0.6) is 5.75 Å². The van der Waals surface area contributed by atoms with Gasteiger partial charge in [0.1, 0.15) is 11.4 Å². The van der Waals surface area contributed by atoms with E-state index in [2.05, 4.69) is 49.0 Å². The molecule has 3 nitrogen and oxygen atoms in total. The van der Waals surface area contributed by atoms with E-state index in [1.54, 1.807) is 0 Å². The number of rotatable bonds is 4. The number of nitrogens with one attached hydrogen (secondary N) is 2. The highest BCUT2D eigenvalue weighted by Crippen LogP contribution is 2.31. The van der Waals surface area contributed by atoms with Crippen molar-refractivity contribution in [3.63, 3.8) is 0 Å². The number of hydrogen-bond donors (Lipinski definition) is 2. The second-order valence-electron chi connectivity index (χ2n) is 5.76. The minimum atomic E-state index is -0.221. The largest absolute Gasteiger partial charge is 0.483 e. The first-order valence-electron chi connectivity index (χ1n) is 7.17. The van der Waals surface area contributed by atoms with E-state index in [9.17, 15) is 0 Å². The van der Waals surface area contributed by atoms with Crippen LogP contribution in [0.4, 0.5) is 5.69 Å². The monoisotopic (exact) mass is 280 g/mol. The van der Waals surface area contributed by atoms with Gasteiger partial charge in [0.15, 0.2) is 0 Å². The lowest BCUT2D eigenvalue weighted by molar-refractivity contribution is 0.159. The lowest BCUT2D eigenvalue weighted by Gasteiger charge is -2.28. The van der Waals surface area contributed by atoms with Crippen LogP contribution in [-0.2, 0) is 6.54 Å². The zero-order chi connectivity index (χ0) is 14.7. The zero-order valence-electron chi connectivity index (χ0n) is 12.4. The molecule has 2 aromatic carbocycles. The van der Waals surface area contributed by atoms with Crippen LogP contribution in [0.2, 0.25) is 0 Å². The average Bonchev–Trinajstić information content (AvgIpc) is 2.48. The summed E-state index contributed by atoms with van der Waals surface area (Å²) in [5, 5.41) is 0. The second kappa shape index (κ2) is 5.62. The van der Waals surface area contributed by atoms with Crippen molar-refractivity contribution >= 4 is 11.8 Å². The molecule has 3 heteroatoms. The van der Waals surface area contributed by atoms with E-state index in [0.717, 1.165) is 23.5 Å². The maximum Gasteiger partial charge on any atom is 0.127 e. The Morgan fingerprint density at radius 3 is 2.67 bits per heavy atom. The Balaban J connectivity index is 1.63. The van der Waals surface area contributed by atoms with Crippen LogP contribution in [-0.4, -0.2) is 5.60 Å². The van der Waals surface area contributed by atoms with Gasteiger partial charge in [-0.25, -0.2) is 5.43 Å². The van der Waals surface area contributed by atoms with E-state index in [1.807, 2.05) is 36.4 Å². The molecule has 0 amide bonds. The molecule has 0 saturated heterocycles. The van der Waals surface area contributed by atoms with Gasteiger partial charge in [0.2, 0.25) is 0 Å². The summed E-state index contributed by atoms with van der Waals surface area (Å²) in [4.78, 5) is 0. The summed E-state index contributed by atoms with van der Waals surface area (Å²) in [6.07, 6.45) is 4.22. The van der Waals surface area contributed by atoms with Crippen molar-refractivity contribution in [3.8, 4) is 5.75 Å². The number of benzene rings is 2. The average molecular weight is 280 g/mol. The van der Waals surface area contributed by atoms with Gasteiger partial charge in [0.25, 0.3) is 0 Å². The third-order valence-corrected chi connectivity index (χ3v) is 3.41. The van der Waals surface area contributed by atoms with Crippen LogP contribution in [0.3, 0.4) is 0 Å². The van der Waals surface area contributed by atoms with Crippen LogP contribution in [0.25, 0.3) is 6.08 Å². The molecule has 3 rings (SSSR count). The third-order valence-electron chi connectivity index (χ3n) is 3.41. The van der Waals surface area contributed by atoms with Gasteiger partial charge in [-0.1, -0.05) is 30.3 Å². The lowest BCUT2D eigenvalue weighted by atomic mass is 10.0. The zero-order valence-corrected chi connectivity index (χ0v) is 12.4. The molecule has 0 bridgehead atoms. The SMILES string of the molecule is CC1(C)C=Cc2cc(CNNc3ccccc3)ccc2O1. The molecule has 0 fully saturated rings. The van der Waals surface area contributed by atoms with Crippen molar-refractivity contribution < 1.29 is 4.74 Å². The molecule has 2 N–H and O–H groups in total. The molecule has 0 aromatic heterocycles. The predicted octanol–water partition coefficient (Wildman–Crippen LogP) is 3.99. The van der Waals surface area contributed by atoms with E-state index in [0.29, 0.717) is 0 Å². The van der Waals surface area contributed by atoms with Crippen molar-refractivity contribution in [2.75, 3.05) is 5.43 Å². The number of anilines is 1. The molecule has 108 valence electrons. The van der Waals surface area contributed by atoms with Crippen LogP contribution < -0.4 is 15.6 Å². The van der Waals surface area contributed by atoms with E-state index in [-0.39, 0.29) is 5.60 Å². The number of para-hydroxylation sites is 1. The van der Waals surface area contributed by atoms with Crippen molar-refractivity contribution in [3.05, 3.63) is 65.7 Å². The first-order valence-corrected chi connectivity index (χ1v) is 7.17. The first-order chi connectivity index (χ1) is 10.1. The first kappa shape index (κ1) is 13.7. The molecule has 2 aromatic rings. The Morgan fingerprint density at radius 1 is 1.05 bits per heavy atom. The van der Waals surface area contributed by atoms with Gasteiger partial charge in [-0.2, -0.15) is 0 Å². The maximum atomic E-state index is 5.93. The summed E-state index contributed by atoms with van der Waals surface area (Å²) in [7, 11) is 0. The Labute approximate surface area is 125 Å². The molecule has 1 heterocycles. The van der Waals surface area contributed by atoms with Gasteiger partial charge < -0.3 is 10.2 Å². The Hall–Kier alpha value is -2.26. The molecule has 1 aliphatic heterocycles. The Bertz CT molecular complexity index is 648. The normalized spacial score (nSPS) is 15.1. The molecule has 0 aliphatic carbocycles. The van der Waals surface area contributed by atoms with E-state index >= 15 is 0 Å². The number of ether oxygens (including phenoxy) is 1.